The van der Waals surface area contributed by atoms with Gasteiger partial charge in [-0.2, -0.15) is 5.10 Å². The molecule has 0 saturated carbocycles. The van der Waals surface area contributed by atoms with Crippen molar-refractivity contribution in [1.82, 2.24) is 10.4 Å². The van der Waals surface area contributed by atoms with Crippen LogP contribution in [0.3, 0.4) is 0 Å². The third kappa shape index (κ3) is 3.62. The fourth-order valence-corrected chi connectivity index (χ4v) is 3.80. The molecule has 2 heterocycles. The molecule has 0 atom stereocenters. The number of nitrogens with one attached hydrogen (secondary N) is 2. The summed E-state index contributed by atoms with van der Waals surface area (Å²) in [5.41, 5.74) is 10.2. The Hall–Kier alpha value is -2.68. The van der Waals surface area contributed by atoms with Crippen LogP contribution in [-0.2, 0) is 6.42 Å². The van der Waals surface area contributed by atoms with E-state index in [0.29, 0.717) is 35.0 Å². The van der Waals surface area contributed by atoms with E-state index in [1.54, 1.807) is 0 Å². The number of hydrogen-bond donors (Lipinski definition) is 3. The van der Waals surface area contributed by atoms with Crippen molar-refractivity contribution in [2.75, 3.05) is 5.32 Å². The molecule has 2 aromatic heterocycles. The van der Waals surface area contributed by atoms with Crippen molar-refractivity contribution in [2.45, 2.75) is 40.5 Å². The predicted molar refractivity (Wildman–Crippen MR) is 99.6 cm³/mol. The number of rotatable bonds is 3. The molecule has 1 aliphatic carbocycles. The SMILES string of the molecule is Cc1csc(NC(=O)c2oc3c(c2C)/C(=N\NC(N)=O)CC(C)(C)C3)n1. The summed E-state index contributed by atoms with van der Waals surface area (Å²) in [7, 11) is 0. The van der Waals surface area contributed by atoms with Crippen molar-refractivity contribution in [2.24, 2.45) is 16.3 Å². The number of anilines is 1. The van der Waals surface area contributed by atoms with Crippen LogP contribution in [-0.4, -0.2) is 22.6 Å². The molecule has 4 N–H and O–H groups in total. The van der Waals surface area contributed by atoms with Crippen molar-refractivity contribution in [1.29, 1.82) is 0 Å². The van der Waals surface area contributed by atoms with E-state index in [2.05, 4.69) is 34.7 Å². The van der Waals surface area contributed by atoms with Crippen molar-refractivity contribution < 1.29 is 14.0 Å². The number of nitrogens with two attached hydrogens (primary N) is 1. The lowest BCUT2D eigenvalue weighted by Crippen LogP contribution is -2.31. The Morgan fingerprint density at radius 2 is 2.08 bits per heavy atom. The summed E-state index contributed by atoms with van der Waals surface area (Å²) in [6.07, 6.45) is 1.30. The number of primary amides is 1. The van der Waals surface area contributed by atoms with E-state index in [1.165, 1.54) is 11.3 Å². The van der Waals surface area contributed by atoms with Crippen LogP contribution in [0.1, 0.15) is 53.4 Å². The monoisotopic (exact) mass is 375 g/mol. The summed E-state index contributed by atoms with van der Waals surface area (Å²) in [6.45, 7) is 7.82. The maximum Gasteiger partial charge on any atom is 0.332 e. The van der Waals surface area contributed by atoms with Crippen LogP contribution < -0.4 is 16.5 Å². The van der Waals surface area contributed by atoms with Crippen LogP contribution in [0.25, 0.3) is 0 Å². The molecule has 0 saturated heterocycles. The minimum Gasteiger partial charge on any atom is -0.455 e. The number of carbonyl (C=O) groups is 2. The first-order chi connectivity index (χ1) is 12.2. The number of thiazole rings is 1. The van der Waals surface area contributed by atoms with Gasteiger partial charge in [-0.15, -0.1) is 11.3 Å². The second-order valence-corrected chi connectivity index (χ2v) is 8.01. The molecule has 0 unspecified atom stereocenters. The number of urea groups is 1. The molecular weight excluding hydrogens is 354 g/mol. The zero-order chi connectivity index (χ0) is 19.1. The van der Waals surface area contributed by atoms with E-state index in [0.717, 1.165) is 11.3 Å². The molecule has 8 nitrogen and oxygen atoms in total. The van der Waals surface area contributed by atoms with E-state index in [4.69, 9.17) is 10.2 Å². The molecule has 0 spiro atoms. The average Bonchev–Trinajstić information content (AvgIpc) is 3.07. The summed E-state index contributed by atoms with van der Waals surface area (Å²) in [6, 6.07) is -0.735. The zero-order valence-electron chi connectivity index (χ0n) is 15.1. The molecule has 3 rings (SSSR count). The molecule has 2 aromatic rings. The lowest BCUT2D eigenvalue weighted by atomic mass is 9.75. The summed E-state index contributed by atoms with van der Waals surface area (Å²) in [5, 5.41) is 9.27. The summed E-state index contributed by atoms with van der Waals surface area (Å²) in [4.78, 5) is 27.9. The highest BCUT2D eigenvalue weighted by Gasteiger charge is 2.36. The normalized spacial score (nSPS) is 17.0. The van der Waals surface area contributed by atoms with Gasteiger partial charge in [-0.25, -0.2) is 15.2 Å². The molecule has 0 radical (unpaired) electrons. The van der Waals surface area contributed by atoms with Gasteiger partial charge in [0.05, 0.1) is 11.4 Å². The first kappa shape index (κ1) is 18.1. The van der Waals surface area contributed by atoms with Crippen LogP contribution in [0, 0.1) is 19.3 Å². The molecular formula is C17H21N5O3S. The fraction of sp³-hybridized carbons (Fsp3) is 0.412. The van der Waals surface area contributed by atoms with Gasteiger partial charge in [-0.05, 0) is 25.7 Å². The Morgan fingerprint density at radius 3 is 2.69 bits per heavy atom. The second kappa shape index (κ2) is 6.56. The average molecular weight is 375 g/mol. The third-order valence-electron chi connectivity index (χ3n) is 4.14. The zero-order valence-corrected chi connectivity index (χ0v) is 15.9. The number of carbonyl (C=O) groups excluding carboxylic acids is 2. The standard InChI is InChI=1S/C17H21N5O3S/c1-8-7-26-16(19-8)20-14(23)13-9(2)12-10(21-22-15(18)24)5-17(3,4)6-11(12)25-13/h7H,5-6H2,1-4H3,(H3,18,22,24)(H,19,20,23)/b21-10-. The number of furan rings is 1. The van der Waals surface area contributed by atoms with Gasteiger partial charge < -0.3 is 10.2 Å². The van der Waals surface area contributed by atoms with Gasteiger partial charge in [-0.1, -0.05) is 13.8 Å². The molecule has 9 heteroatoms. The van der Waals surface area contributed by atoms with Crippen LogP contribution in [0.2, 0.25) is 0 Å². The molecule has 0 bridgehead atoms. The van der Waals surface area contributed by atoms with E-state index in [9.17, 15) is 9.59 Å². The smallest absolute Gasteiger partial charge is 0.332 e. The quantitative estimate of drug-likeness (QED) is 0.714. The second-order valence-electron chi connectivity index (χ2n) is 7.15. The highest BCUT2D eigenvalue weighted by molar-refractivity contribution is 7.13. The first-order valence-corrected chi connectivity index (χ1v) is 9.02. The number of hydrazone groups is 1. The Kier molecular flexibility index (Phi) is 4.57. The largest absolute Gasteiger partial charge is 0.455 e. The van der Waals surface area contributed by atoms with Crippen molar-refractivity contribution in [3.63, 3.8) is 0 Å². The van der Waals surface area contributed by atoms with Crippen LogP contribution in [0.5, 0.6) is 0 Å². The number of hydrogen-bond acceptors (Lipinski definition) is 6. The predicted octanol–water partition coefficient (Wildman–Crippen LogP) is 2.95. The molecule has 0 aromatic carbocycles. The summed E-state index contributed by atoms with van der Waals surface area (Å²) in [5.74, 6) is 0.558. The van der Waals surface area contributed by atoms with Crippen LogP contribution in [0.4, 0.5) is 9.93 Å². The molecule has 0 fully saturated rings. The number of nitrogens with zero attached hydrogens (tertiary/aromatic N) is 2. The Labute approximate surface area is 154 Å². The molecule has 0 aliphatic heterocycles. The number of aromatic nitrogens is 1. The Balaban J connectivity index is 1.97. The summed E-state index contributed by atoms with van der Waals surface area (Å²) >= 11 is 1.36. The molecule has 1 aliphatic rings. The molecule has 138 valence electrons. The van der Waals surface area contributed by atoms with Gasteiger partial charge in [0.25, 0.3) is 5.91 Å². The highest BCUT2D eigenvalue weighted by atomic mass is 32.1. The molecule has 26 heavy (non-hydrogen) atoms. The van der Waals surface area contributed by atoms with Gasteiger partial charge in [-0.3, -0.25) is 10.1 Å². The van der Waals surface area contributed by atoms with Crippen molar-refractivity contribution in [3.05, 3.63) is 33.7 Å². The Bertz CT molecular complexity index is 910. The van der Waals surface area contributed by atoms with Crippen LogP contribution in [0.15, 0.2) is 14.9 Å². The summed E-state index contributed by atoms with van der Waals surface area (Å²) < 4.78 is 5.89. The third-order valence-corrected chi connectivity index (χ3v) is 5.02. The van der Waals surface area contributed by atoms with Crippen molar-refractivity contribution >= 4 is 34.1 Å². The molecule has 3 amide bonds. The van der Waals surface area contributed by atoms with E-state index in [1.807, 2.05) is 19.2 Å². The number of fused-ring (bicyclic) bond motifs is 1. The van der Waals surface area contributed by atoms with E-state index in [-0.39, 0.29) is 17.1 Å². The van der Waals surface area contributed by atoms with Crippen LogP contribution >= 0.6 is 11.3 Å². The first-order valence-electron chi connectivity index (χ1n) is 8.14. The van der Waals surface area contributed by atoms with E-state index < -0.39 is 6.03 Å². The number of aryl methyl sites for hydroxylation is 1. The minimum atomic E-state index is -0.735. The van der Waals surface area contributed by atoms with Gasteiger partial charge in [0.1, 0.15) is 5.76 Å². The van der Waals surface area contributed by atoms with Gasteiger partial charge in [0.15, 0.2) is 10.9 Å². The highest BCUT2D eigenvalue weighted by Crippen LogP contribution is 2.39. The van der Waals surface area contributed by atoms with Gasteiger partial charge in [0.2, 0.25) is 0 Å². The minimum absolute atomic E-state index is 0.115. The lowest BCUT2D eigenvalue weighted by molar-refractivity contribution is 0.0993. The van der Waals surface area contributed by atoms with Crippen molar-refractivity contribution in [3.8, 4) is 0 Å². The maximum atomic E-state index is 12.6. The maximum absolute atomic E-state index is 12.6. The van der Waals surface area contributed by atoms with Gasteiger partial charge >= 0.3 is 6.03 Å². The van der Waals surface area contributed by atoms with E-state index >= 15 is 0 Å². The fourth-order valence-electron chi connectivity index (χ4n) is 3.11. The van der Waals surface area contributed by atoms with Gasteiger partial charge in [0, 0.05) is 22.9 Å². The number of amides is 3. The topological polar surface area (TPSA) is 123 Å². The lowest BCUT2D eigenvalue weighted by Gasteiger charge is -2.29. The Morgan fingerprint density at radius 1 is 1.35 bits per heavy atom.